The fourth-order valence-electron chi connectivity index (χ4n) is 1.63. The van der Waals surface area contributed by atoms with Crippen LogP contribution in [0, 0.1) is 0 Å². The number of nitrogens with zero attached hydrogens (tertiary/aromatic N) is 1. The van der Waals surface area contributed by atoms with Gasteiger partial charge in [-0.15, -0.1) is 0 Å². The molecular weight excluding hydrogens is 290 g/mol. The molecule has 0 aliphatic rings. The van der Waals surface area contributed by atoms with Crippen LogP contribution < -0.4 is 4.31 Å². The van der Waals surface area contributed by atoms with Gasteiger partial charge in [0.05, 0.1) is 21.1 Å². The van der Waals surface area contributed by atoms with Gasteiger partial charge in [0.1, 0.15) is 18.0 Å². The summed E-state index contributed by atoms with van der Waals surface area (Å²) in [5.74, 6) is -0.601. The van der Waals surface area contributed by atoms with Crippen LogP contribution in [0.4, 0.5) is 5.69 Å². The number of hydrogen-bond donors (Lipinski definition) is 1. The molecule has 0 radical (unpaired) electrons. The molecule has 0 fully saturated rings. The number of furan rings is 1. The number of carbonyl (C=O) groups is 1. The first-order chi connectivity index (χ1) is 9.13. The Morgan fingerprint density at radius 3 is 2.74 bits per heavy atom. The first kappa shape index (κ1) is 13.5. The van der Waals surface area contributed by atoms with E-state index in [1.165, 1.54) is 28.8 Å². The third kappa shape index (κ3) is 2.91. The lowest BCUT2D eigenvalue weighted by atomic mass is 10.1. The van der Waals surface area contributed by atoms with Crippen molar-refractivity contribution in [2.45, 2.75) is 6.54 Å². The van der Waals surface area contributed by atoms with Gasteiger partial charge in [-0.2, -0.15) is 0 Å². The highest BCUT2D eigenvalue weighted by Crippen LogP contribution is 2.31. The first-order valence-corrected chi connectivity index (χ1v) is 6.32. The van der Waals surface area contributed by atoms with Crippen LogP contribution >= 0.6 is 11.6 Å². The van der Waals surface area contributed by atoms with Crippen molar-refractivity contribution >= 4 is 35.1 Å². The second-order valence-corrected chi connectivity index (χ2v) is 4.63. The van der Waals surface area contributed by atoms with Crippen LogP contribution in [0.1, 0.15) is 16.1 Å². The van der Waals surface area contributed by atoms with Gasteiger partial charge in [0.25, 0.3) is 0 Å². The zero-order valence-electron chi connectivity index (χ0n) is 9.58. The predicted octanol–water partition coefficient (Wildman–Crippen LogP) is 2.98. The smallest absolute Gasteiger partial charge is 0.478 e. The number of anilines is 1. The van der Waals surface area contributed by atoms with Crippen LogP contribution in [-0.2, 0) is 22.6 Å². The molecule has 2 aromatic rings. The average molecular weight is 299 g/mol. The summed E-state index contributed by atoms with van der Waals surface area (Å²) in [6, 6.07) is 7.84. The first-order valence-electron chi connectivity index (χ1n) is 5.25. The molecule has 1 N–H and O–H groups in total. The number of benzene rings is 1. The van der Waals surface area contributed by atoms with Crippen molar-refractivity contribution in [1.29, 1.82) is 0 Å². The van der Waals surface area contributed by atoms with Crippen LogP contribution in [0.2, 0.25) is 5.02 Å². The van der Waals surface area contributed by atoms with E-state index >= 15 is 0 Å². The van der Waals surface area contributed by atoms with Crippen LogP contribution in [-0.4, -0.2) is 11.1 Å². The number of carboxylic acids is 1. The molecule has 1 heterocycles. The molecule has 0 unspecified atom stereocenters. The largest absolute Gasteiger partial charge is 0.627 e. The van der Waals surface area contributed by atoms with Crippen LogP contribution in [0.25, 0.3) is 0 Å². The quantitative estimate of drug-likeness (QED) is 0.680. The highest BCUT2D eigenvalue weighted by atomic mass is 35.5. The van der Waals surface area contributed by atoms with Crippen molar-refractivity contribution in [3.8, 4) is 0 Å². The molecular formula is C12H9ClNO4S+. The highest BCUT2D eigenvalue weighted by molar-refractivity contribution is 7.67. The molecule has 0 saturated heterocycles. The summed E-state index contributed by atoms with van der Waals surface area (Å²) in [6.07, 6.45) is 1.48. The van der Waals surface area contributed by atoms with E-state index in [1.807, 2.05) is 0 Å². The van der Waals surface area contributed by atoms with Gasteiger partial charge < -0.3 is 9.52 Å². The van der Waals surface area contributed by atoms with E-state index in [-0.39, 0.29) is 34.7 Å². The standard InChI is InChI=1S/C12H8ClNO4S/c13-10-5-1-4-9(12(15)16)11(10)14(19-17)7-8-3-2-6-18-8/h1-6H,7H2/p+1. The molecule has 7 heteroatoms. The SMILES string of the molecule is O=[S+]N(Cc1ccco1)c1c(Cl)cccc1C(=O)O. The minimum atomic E-state index is -1.14. The summed E-state index contributed by atoms with van der Waals surface area (Å²) in [5.41, 5.74) is 0.149. The van der Waals surface area contributed by atoms with Crippen molar-refractivity contribution in [3.05, 3.63) is 52.9 Å². The summed E-state index contributed by atoms with van der Waals surface area (Å²) >= 11 is 6.14. The minimum absolute atomic E-state index is 0.0255. The second-order valence-electron chi connectivity index (χ2n) is 3.63. The van der Waals surface area contributed by atoms with Crippen LogP contribution in [0.5, 0.6) is 0 Å². The molecule has 0 saturated carbocycles. The van der Waals surface area contributed by atoms with Crippen molar-refractivity contribution in [3.63, 3.8) is 0 Å². The van der Waals surface area contributed by atoms with Gasteiger partial charge in [0.2, 0.25) is 0 Å². The maximum Gasteiger partial charge on any atom is 0.627 e. The van der Waals surface area contributed by atoms with Gasteiger partial charge in [-0.25, -0.2) is 4.79 Å². The van der Waals surface area contributed by atoms with E-state index in [1.54, 1.807) is 12.1 Å². The lowest BCUT2D eigenvalue weighted by molar-refractivity contribution is 0.0697. The molecule has 0 atom stereocenters. The molecule has 5 nitrogen and oxygen atoms in total. The summed E-state index contributed by atoms with van der Waals surface area (Å²) < 4.78 is 17.6. The molecule has 0 aliphatic heterocycles. The molecule has 19 heavy (non-hydrogen) atoms. The Morgan fingerprint density at radius 1 is 1.37 bits per heavy atom. The van der Waals surface area contributed by atoms with Gasteiger partial charge in [-0.05, 0) is 24.3 Å². The van der Waals surface area contributed by atoms with E-state index in [0.717, 1.165) is 0 Å². The Balaban J connectivity index is 2.43. The van der Waals surface area contributed by atoms with E-state index in [9.17, 15) is 9.00 Å². The van der Waals surface area contributed by atoms with Gasteiger partial charge in [-0.1, -0.05) is 22.0 Å². The monoisotopic (exact) mass is 298 g/mol. The Hall–Kier alpha value is -1.92. The zero-order chi connectivity index (χ0) is 13.8. The summed E-state index contributed by atoms with van der Waals surface area (Å²) in [6.45, 7) is 0.130. The van der Waals surface area contributed by atoms with Crippen LogP contribution in [0.3, 0.4) is 0 Å². The highest BCUT2D eigenvalue weighted by Gasteiger charge is 2.28. The second kappa shape index (κ2) is 5.81. The van der Waals surface area contributed by atoms with Gasteiger partial charge >= 0.3 is 17.8 Å². The Bertz CT molecular complexity index is 600. The predicted molar refractivity (Wildman–Crippen MR) is 71.4 cm³/mol. The Kier molecular flexibility index (Phi) is 4.13. The molecule has 1 aromatic heterocycles. The molecule has 0 aliphatic carbocycles. The fraction of sp³-hybridized carbons (Fsp3) is 0.0833. The molecule has 98 valence electrons. The number of para-hydroxylation sites is 1. The third-order valence-electron chi connectivity index (χ3n) is 2.44. The van der Waals surface area contributed by atoms with Crippen molar-refractivity contribution in [1.82, 2.24) is 0 Å². The van der Waals surface area contributed by atoms with E-state index < -0.39 is 5.97 Å². The fourth-order valence-corrected chi connectivity index (χ4v) is 2.41. The lowest BCUT2D eigenvalue weighted by Gasteiger charge is -2.09. The normalized spacial score (nSPS) is 10.2. The number of carboxylic acid groups (broad SMARTS) is 1. The molecule has 2 rings (SSSR count). The van der Waals surface area contributed by atoms with Crippen molar-refractivity contribution in [2.75, 3.05) is 4.31 Å². The average Bonchev–Trinajstić information content (AvgIpc) is 2.89. The molecule has 0 bridgehead atoms. The molecule has 1 aromatic carbocycles. The lowest BCUT2D eigenvalue weighted by Crippen LogP contribution is -2.20. The summed E-state index contributed by atoms with van der Waals surface area (Å²) in [4.78, 5) is 11.2. The summed E-state index contributed by atoms with van der Waals surface area (Å²) in [5, 5.41) is 9.34. The Morgan fingerprint density at radius 2 is 2.16 bits per heavy atom. The number of rotatable bonds is 5. The van der Waals surface area contributed by atoms with E-state index in [0.29, 0.717) is 5.76 Å². The van der Waals surface area contributed by atoms with Gasteiger partial charge in [0, 0.05) is 0 Å². The minimum Gasteiger partial charge on any atom is -0.478 e. The maximum absolute atomic E-state index is 11.2. The third-order valence-corrected chi connectivity index (χ3v) is 3.23. The molecule has 0 spiro atoms. The number of aromatic carboxylic acids is 1. The molecule has 0 amide bonds. The number of hydrogen-bond acceptors (Lipinski definition) is 3. The van der Waals surface area contributed by atoms with Crippen molar-refractivity contribution < 1.29 is 18.5 Å². The Labute approximate surface area is 118 Å². The van der Waals surface area contributed by atoms with Gasteiger partial charge in [-0.3, -0.25) is 0 Å². The maximum atomic E-state index is 11.2. The summed E-state index contributed by atoms with van der Waals surface area (Å²) in [7, 11) is 0. The van der Waals surface area contributed by atoms with Crippen LogP contribution in [0.15, 0.2) is 41.0 Å². The van der Waals surface area contributed by atoms with Crippen molar-refractivity contribution in [2.24, 2.45) is 0 Å². The van der Waals surface area contributed by atoms with E-state index in [2.05, 4.69) is 0 Å². The zero-order valence-corrected chi connectivity index (χ0v) is 11.1. The number of halogens is 1. The van der Waals surface area contributed by atoms with E-state index in [4.69, 9.17) is 21.1 Å². The topological polar surface area (TPSA) is 70.8 Å². The van der Waals surface area contributed by atoms with Gasteiger partial charge in [0.15, 0.2) is 0 Å².